The van der Waals surface area contributed by atoms with Crippen molar-refractivity contribution >= 4 is 17.3 Å². The molecule has 2 fully saturated rings. The molecule has 13 heteroatoms. The molecule has 0 N–H and O–H groups in total. The molecule has 2 aliphatic heterocycles. The van der Waals surface area contributed by atoms with E-state index >= 15 is 0 Å². The van der Waals surface area contributed by atoms with Crippen molar-refractivity contribution in [2.45, 2.75) is 12.3 Å². The summed E-state index contributed by atoms with van der Waals surface area (Å²) in [5, 5.41) is 11.3. The van der Waals surface area contributed by atoms with Crippen molar-refractivity contribution in [3.8, 4) is 11.8 Å². The van der Waals surface area contributed by atoms with E-state index in [1.807, 2.05) is 60.7 Å². The van der Waals surface area contributed by atoms with E-state index in [0.717, 1.165) is 28.1 Å². The zero-order valence-electron chi connectivity index (χ0n) is 33.2. The summed E-state index contributed by atoms with van der Waals surface area (Å²) in [6.07, 6.45) is 0. The van der Waals surface area contributed by atoms with Gasteiger partial charge >= 0.3 is 5.97 Å². The summed E-state index contributed by atoms with van der Waals surface area (Å²) >= 11 is 0. The molecule has 0 aromatic heterocycles. The van der Waals surface area contributed by atoms with E-state index in [-0.39, 0.29) is 0 Å². The molecule has 5 rings (SSSR count). The molecule has 2 aliphatic rings. The van der Waals surface area contributed by atoms with Gasteiger partial charge in [-0.1, -0.05) is 43.0 Å². The lowest BCUT2D eigenvalue weighted by atomic mass is 9.70. The maximum Gasteiger partial charge on any atom is 0.338 e. The van der Waals surface area contributed by atoms with Crippen LogP contribution in [0.25, 0.3) is 0 Å². The molecule has 57 heavy (non-hydrogen) atoms. The van der Waals surface area contributed by atoms with Crippen molar-refractivity contribution in [2.75, 3.05) is 142 Å². The van der Waals surface area contributed by atoms with Crippen LogP contribution in [0.4, 0.5) is 11.4 Å². The molecule has 308 valence electrons. The van der Waals surface area contributed by atoms with E-state index in [9.17, 15) is 10.1 Å². The first-order chi connectivity index (χ1) is 28.0. The number of carbonyl (C=O) groups excluding carboxylic acids is 1. The molecule has 0 amide bonds. The van der Waals surface area contributed by atoms with Gasteiger partial charge < -0.3 is 52.4 Å². The van der Waals surface area contributed by atoms with Gasteiger partial charge in [-0.3, -0.25) is 0 Å². The van der Waals surface area contributed by atoms with Crippen molar-refractivity contribution < 1.29 is 47.4 Å². The Morgan fingerprint density at radius 3 is 1.09 bits per heavy atom. The minimum atomic E-state index is -1.21. The Hall–Kier alpha value is -4.36. The molecule has 0 atom stereocenters. The average molecular weight is 788 g/mol. The summed E-state index contributed by atoms with van der Waals surface area (Å²) in [4.78, 5) is 16.7. The van der Waals surface area contributed by atoms with E-state index in [1.54, 1.807) is 19.1 Å². The summed E-state index contributed by atoms with van der Waals surface area (Å²) in [5.41, 5.74) is 3.34. The number of benzene rings is 3. The highest BCUT2D eigenvalue weighted by atomic mass is 16.6. The molecule has 0 saturated carbocycles. The summed E-state index contributed by atoms with van der Waals surface area (Å²) in [6.45, 7) is 16.2. The first-order valence-electron chi connectivity index (χ1n) is 19.7. The Bertz CT molecular complexity index is 1550. The second kappa shape index (κ2) is 24.4. The summed E-state index contributed by atoms with van der Waals surface area (Å²) < 4.78 is 51.3. The van der Waals surface area contributed by atoms with Gasteiger partial charge in [0.2, 0.25) is 0 Å². The van der Waals surface area contributed by atoms with E-state index in [4.69, 9.17) is 42.6 Å². The van der Waals surface area contributed by atoms with Crippen LogP contribution in [-0.4, -0.2) is 138 Å². The van der Waals surface area contributed by atoms with Crippen LogP contribution in [0.15, 0.2) is 84.9 Å². The van der Waals surface area contributed by atoms with E-state index in [1.165, 1.54) is 0 Å². The molecule has 0 unspecified atom stereocenters. The van der Waals surface area contributed by atoms with Gasteiger partial charge in [-0.2, -0.15) is 5.26 Å². The second-order valence-corrected chi connectivity index (χ2v) is 13.5. The highest BCUT2D eigenvalue weighted by molar-refractivity contribution is 5.88. The maximum atomic E-state index is 12.3. The molecule has 0 aliphatic carbocycles. The Morgan fingerprint density at radius 2 is 0.807 bits per heavy atom. The fourth-order valence-electron chi connectivity index (χ4n) is 6.47. The van der Waals surface area contributed by atoms with Crippen LogP contribution in [0.2, 0.25) is 0 Å². The van der Waals surface area contributed by atoms with Crippen molar-refractivity contribution in [3.05, 3.63) is 102 Å². The minimum Gasteiger partial charge on any atom is -0.423 e. The van der Waals surface area contributed by atoms with Crippen LogP contribution in [0.5, 0.6) is 5.75 Å². The predicted octanol–water partition coefficient (Wildman–Crippen LogP) is 4.80. The largest absolute Gasteiger partial charge is 0.423 e. The molecule has 3 aromatic rings. The Balaban J connectivity index is 1.43. The van der Waals surface area contributed by atoms with E-state index in [0.29, 0.717) is 143 Å². The smallest absolute Gasteiger partial charge is 0.338 e. The van der Waals surface area contributed by atoms with Gasteiger partial charge in [0.1, 0.15) is 11.2 Å². The number of rotatable bonds is 7. The van der Waals surface area contributed by atoms with Crippen molar-refractivity contribution in [2.24, 2.45) is 0 Å². The zero-order valence-corrected chi connectivity index (χ0v) is 33.2. The highest BCUT2D eigenvalue weighted by Crippen LogP contribution is 2.41. The number of ether oxygens (including phenoxy) is 9. The minimum absolute atomic E-state index is 0.297. The lowest BCUT2D eigenvalue weighted by Crippen LogP contribution is -2.32. The number of anilines is 2. The fourth-order valence-corrected chi connectivity index (χ4v) is 6.47. The third-order valence-corrected chi connectivity index (χ3v) is 9.60. The van der Waals surface area contributed by atoms with Gasteiger partial charge in [-0.05, 0) is 60.0 Å². The monoisotopic (exact) mass is 787 g/mol. The Labute approximate surface area is 336 Å². The Morgan fingerprint density at radius 1 is 0.526 bits per heavy atom. The molecule has 0 radical (unpaired) electrons. The van der Waals surface area contributed by atoms with E-state index < -0.39 is 11.4 Å². The quantitative estimate of drug-likeness (QED) is 0.141. The van der Waals surface area contributed by atoms with Crippen LogP contribution in [0.1, 0.15) is 23.6 Å². The van der Waals surface area contributed by atoms with Crippen LogP contribution < -0.4 is 14.5 Å². The highest BCUT2D eigenvalue weighted by Gasteiger charge is 2.37. The molecule has 13 nitrogen and oxygen atoms in total. The topological polar surface area (TPSA) is 130 Å². The zero-order chi connectivity index (χ0) is 40.0. The standard InChI is InChI=1S/C44H57N3O10/c1-36(2)43(48)57-42-13-7-39(8-14-42)44(35-45,37-3-9-40(10-4-37)46-15-19-49-23-27-53-31-32-54-28-24-50-20-16-46)38-5-11-41(12-6-38)47-17-21-51-25-29-55-33-34-56-30-26-52-22-18-47/h3-14H,1,15-34H2,2H3. The first-order valence-corrected chi connectivity index (χ1v) is 19.7. The number of nitriles is 1. The lowest BCUT2D eigenvalue weighted by molar-refractivity contribution is -0.130. The molecular weight excluding hydrogens is 730 g/mol. The molecule has 3 aromatic carbocycles. The van der Waals surface area contributed by atoms with Crippen molar-refractivity contribution in [1.82, 2.24) is 0 Å². The van der Waals surface area contributed by atoms with Gasteiger partial charge in [-0.25, -0.2) is 4.79 Å². The van der Waals surface area contributed by atoms with Crippen molar-refractivity contribution in [3.63, 3.8) is 0 Å². The lowest BCUT2D eigenvalue weighted by Gasteiger charge is -2.31. The average Bonchev–Trinajstić information content (AvgIpc) is 3.25. The summed E-state index contributed by atoms with van der Waals surface area (Å²) in [7, 11) is 0. The van der Waals surface area contributed by atoms with Gasteiger partial charge in [-0.15, -0.1) is 0 Å². The molecular formula is C44H57N3O10. The third kappa shape index (κ3) is 13.6. The van der Waals surface area contributed by atoms with Crippen LogP contribution in [0, 0.1) is 11.3 Å². The Kier molecular flexibility index (Phi) is 18.7. The van der Waals surface area contributed by atoms with Gasteiger partial charge in [0, 0.05) is 43.1 Å². The third-order valence-electron chi connectivity index (χ3n) is 9.60. The second-order valence-electron chi connectivity index (χ2n) is 13.5. The van der Waals surface area contributed by atoms with Gasteiger partial charge in [0.05, 0.1) is 112 Å². The van der Waals surface area contributed by atoms with Crippen LogP contribution in [0.3, 0.4) is 0 Å². The fraction of sp³-hybridized carbons (Fsp3) is 0.500. The van der Waals surface area contributed by atoms with Crippen LogP contribution >= 0.6 is 0 Å². The van der Waals surface area contributed by atoms with Crippen LogP contribution in [-0.2, 0) is 48.1 Å². The van der Waals surface area contributed by atoms with Gasteiger partial charge in [0.25, 0.3) is 0 Å². The summed E-state index contributed by atoms with van der Waals surface area (Å²) in [6, 6.07) is 26.0. The number of esters is 1. The van der Waals surface area contributed by atoms with E-state index in [2.05, 4.69) is 22.4 Å². The first kappa shape index (κ1) is 43.8. The summed E-state index contributed by atoms with van der Waals surface area (Å²) in [5.74, 6) is -0.147. The maximum absolute atomic E-state index is 12.3. The number of hydrogen-bond donors (Lipinski definition) is 0. The number of nitrogens with zero attached hydrogens (tertiary/aromatic N) is 3. The predicted molar refractivity (Wildman–Crippen MR) is 216 cm³/mol. The number of hydrogen-bond acceptors (Lipinski definition) is 13. The normalized spacial score (nSPS) is 18.5. The molecule has 2 saturated heterocycles. The molecule has 0 bridgehead atoms. The SMILES string of the molecule is C=C(C)C(=O)Oc1ccc(C(C#N)(c2ccc(N3CCOCCOCCOCCOCC3)cc2)c2ccc(N3CCOCCOCCOCCOCC3)cc2)cc1. The van der Waals surface area contributed by atoms with Gasteiger partial charge in [0.15, 0.2) is 0 Å². The molecule has 0 spiro atoms. The number of carbonyl (C=O) groups is 1. The van der Waals surface area contributed by atoms with Crippen molar-refractivity contribution in [1.29, 1.82) is 5.26 Å². The molecule has 2 heterocycles.